The van der Waals surface area contributed by atoms with Gasteiger partial charge in [0.2, 0.25) is 0 Å². The van der Waals surface area contributed by atoms with Crippen LogP contribution in [-0.2, 0) is 0 Å². The van der Waals surface area contributed by atoms with Gasteiger partial charge in [-0.25, -0.2) is 0 Å². The first-order valence-corrected chi connectivity index (χ1v) is 10.0. The van der Waals surface area contributed by atoms with E-state index < -0.39 is 0 Å². The molecule has 0 saturated heterocycles. The average Bonchev–Trinajstić information content (AvgIpc) is 2.44. The topological polar surface area (TPSA) is 0 Å². The fourth-order valence-corrected chi connectivity index (χ4v) is 4.47. The summed E-state index contributed by atoms with van der Waals surface area (Å²) >= 11 is 0. The Labute approximate surface area is 141 Å². The second kappa shape index (κ2) is 10.5. The van der Waals surface area contributed by atoms with Crippen LogP contribution in [0, 0.1) is 29.6 Å². The van der Waals surface area contributed by atoms with Gasteiger partial charge >= 0.3 is 0 Å². The summed E-state index contributed by atoms with van der Waals surface area (Å²) in [6.07, 6.45) is 14.3. The van der Waals surface area contributed by atoms with Gasteiger partial charge in [-0.15, -0.1) is 6.58 Å². The number of allylic oxidation sites excluding steroid dienone is 1. The molecule has 4 atom stereocenters. The molecule has 0 spiro atoms. The van der Waals surface area contributed by atoms with E-state index in [1.54, 1.807) is 0 Å². The molecule has 1 fully saturated rings. The average molecular weight is 307 g/mol. The quantitative estimate of drug-likeness (QED) is 0.364. The van der Waals surface area contributed by atoms with Crippen LogP contribution in [0.3, 0.4) is 0 Å². The van der Waals surface area contributed by atoms with E-state index in [-0.39, 0.29) is 0 Å². The number of hydrogen-bond acceptors (Lipinski definition) is 0. The first-order valence-electron chi connectivity index (χ1n) is 10.0. The first-order chi connectivity index (χ1) is 10.4. The van der Waals surface area contributed by atoms with E-state index in [0.717, 1.165) is 29.6 Å². The smallest absolute Gasteiger partial charge is 0.0323 e. The SMILES string of the molecule is C=C(C)CCC(C)CC(CCCC(C)C)C1CCCCC1C. The summed E-state index contributed by atoms with van der Waals surface area (Å²) in [6.45, 7) is 16.0. The largest absolute Gasteiger partial charge is 0.100 e. The van der Waals surface area contributed by atoms with Crippen molar-refractivity contribution in [1.82, 2.24) is 0 Å². The Hall–Kier alpha value is -0.260. The molecule has 0 radical (unpaired) electrons. The van der Waals surface area contributed by atoms with Gasteiger partial charge in [0.25, 0.3) is 0 Å². The van der Waals surface area contributed by atoms with Crippen LogP contribution >= 0.6 is 0 Å². The lowest BCUT2D eigenvalue weighted by atomic mass is 9.69. The fraction of sp³-hybridized carbons (Fsp3) is 0.909. The molecular formula is C22H42. The van der Waals surface area contributed by atoms with E-state index in [0.29, 0.717) is 0 Å². The fourth-order valence-electron chi connectivity index (χ4n) is 4.47. The Morgan fingerprint density at radius 2 is 1.73 bits per heavy atom. The molecule has 0 bridgehead atoms. The molecule has 0 aromatic heterocycles. The molecule has 4 unspecified atom stereocenters. The van der Waals surface area contributed by atoms with Crippen LogP contribution in [0.15, 0.2) is 12.2 Å². The van der Waals surface area contributed by atoms with Gasteiger partial charge in [0.1, 0.15) is 0 Å². The second-order valence-corrected chi connectivity index (χ2v) is 8.85. The van der Waals surface area contributed by atoms with Crippen LogP contribution in [0.5, 0.6) is 0 Å². The molecule has 22 heavy (non-hydrogen) atoms. The molecule has 0 heterocycles. The molecule has 0 aromatic rings. The minimum absolute atomic E-state index is 0.866. The minimum atomic E-state index is 0.866. The monoisotopic (exact) mass is 306 g/mol. The van der Waals surface area contributed by atoms with Crippen molar-refractivity contribution in [1.29, 1.82) is 0 Å². The zero-order valence-corrected chi connectivity index (χ0v) is 16.2. The highest BCUT2D eigenvalue weighted by Gasteiger charge is 2.29. The van der Waals surface area contributed by atoms with Crippen LogP contribution in [0.4, 0.5) is 0 Å². The van der Waals surface area contributed by atoms with Crippen molar-refractivity contribution in [2.24, 2.45) is 29.6 Å². The predicted molar refractivity (Wildman–Crippen MR) is 101 cm³/mol. The predicted octanol–water partition coefficient (Wildman–Crippen LogP) is 7.64. The Kier molecular flexibility index (Phi) is 9.45. The third-order valence-corrected chi connectivity index (χ3v) is 5.91. The van der Waals surface area contributed by atoms with Gasteiger partial charge in [-0.2, -0.15) is 0 Å². The van der Waals surface area contributed by atoms with E-state index in [1.165, 1.54) is 69.8 Å². The van der Waals surface area contributed by atoms with Gasteiger partial charge in [0.05, 0.1) is 0 Å². The molecular weight excluding hydrogens is 264 g/mol. The van der Waals surface area contributed by atoms with Crippen LogP contribution in [0.25, 0.3) is 0 Å². The highest BCUT2D eigenvalue weighted by atomic mass is 14.3. The minimum Gasteiger partial charge on any atom is -0.100 e. The Morgan fingerprint density at radius 1 is 1.05 bits per heavy atom. The summed E-state index contributed by atoms with van der Waals surface area (Å²) in [5.74, 6) is 4.69. The maximum atomic E-state index is 4.08. The van der Waals surface area contributed by atoms with Crippen molar-refractivity contribution < 1.29 is 0 Å². The molecule has 0 amide bonds. The lowest BCUT2D eigenvalue weighted by Crippen LogP contribution is -2.26. The molecule has 1 aliphatic rings. The van der Waals surface area contributed by atoms with E-state index in [9.17, 15) is 0 Å². The lowest BCUT2D eigenvalue weighted by molar-refractivity contribution is 0.139. The highest BCUT2D eigenvalue weighted by Crippen LogP contribution is 2.40. The zero-order valence-electron chi connectivity index (χ0n) is 16.2. The molecule has 0 aliphatic heterocycles. The van der Waals surface area contributed by atoms with Gasteiger partial charge in [-0.1, -0.05) is 71.8 Å². The number of hydrogen-bond donors (Lipinski definition) is 0. The summed E-state index contributed by atoms with van der Waals surface area (Å²) in [5, 5.41) is 0. The Bertz CT molecular complexity index is 301. The van der Waals surface area contributed by atoms with E-state index in [4.69, 9.17) is 0 Å². The maximum absolute atomic E-state index is 4.08. The zero-order chi connectivity index (χ0) is 16.5. The second-order valence-electron chi connectivity index (χ2n) is 8.85. The molecule has 1 saturated carbocycles. The summed E-state index contributed by atoms with van der Waals surface area (Å²) in [6, 6.07) is 0. The lowest BCUT2D eigenvalue weighted by Gasteiger charge is -2.37. The van der Waals surface area contributed by atoms with E-state index >= 15 is 0 Å². The molecule has 0 aromatic carbocycles. The van der Waals surface area contributed by atoms with Crippen LogP contribution in [0.1, 0.15) is 98.8 Å². The summed E-state index contributed by atoms with van der Waals surface area (Å²) < 4.78 is 0. The van der Waals surface area contributed by atoms with Gasteiger partial charge < -0.3 is 0 Å². The Morgan fingerprint density at radius 3 is 2.32 bits per heavy atom. The van der Waals surface area contributed by atoms with E-state index in [2.05, 4.69) is 41.2 Å². The van der Waals surface area contributed by atoms with Gasteiger partial charge in [0, 0.05) is 0 Å². The molecule has 0 N–H and O–H groups in total. The first kappa shape index (κ1) is 19.8. The number of rotatable bonds is 10. The van der Waals surface area contributed by atoms with Crippen LogP contribution in [-0.4, -0.2) is 0 Å². The van der Waals surface area contributed by atoms with Crippen molar-refractivity contribution in [2.75, 3.05) is 0 Å². The van der Waals surface area contributed by atoms with Crippen molar-refractivity contribution in [3.63, 3.8) is 0 Å². The van der Waals surface area contributed by atoms with Gasteiger partial charge in [0.15, 0.2) is 0 Å². The summed E-state index contributed by atoms with van der Waals surface area (Å²) in [5.41, 5.74) is 1.36. The molecule has 1 aliphatic carbocycles. The van der Waals surface area contributed by atoms with Crippen molar-refractivity contribution in [2.45, 2.75) is 98.8 Å². The van der Waals surface area contributed by atoms with Crippen molar-refractivity contribution >= 4 is 0 Å². The van der Waals surface area contributed by atoms with E-state index in [1.807, 2.05) is 0 Å². The van der Waals surface area contributed by atoms with Gasteiger partial charge in [-0.05, 0) is 62.2 Å². The normalized spacial score (nSPS) is 25.2. The third-order valence-electron chi connectivity index (χ3n) is 5.91. The summed E-state index contributed by atoms with van der Waals surface area (Å²) in [7, 11) is 0. The molecule has 0 nitrogen and oxygen atoms in total. The molecule has 0 heteroatoms. The van der Waals surface area contributed by atoms with Gasteiger partial charge in [-0.3, -0.25) is 0 Å². The highest BCUT2D eigenvalue weighted by molar-refractivity contribution is 4.88. The van der Waals surface area contributed by atoms with Crippen molar-refractivity contribution in [3.05, 3.63) is 12.2 Å². The standard InChI is InChI=1S/C22H42/c1-17(2)10-9-12-21(16-19(5)15-14-18(3)4)22-13-8-7-11-20(22)6/h17,19-22H,3,7-16H2,1-2,4-6H3. The maximum Gasteiger partial charge on any atom is -0.0323 e. The van der Waals surface area contributed by atoms with Crippen LogP contribution < -0.4 is 0 Å². The van der Waals surface area contributed by atoms with Crippen molar-refractivity contribution in [3.8, 4) is 0 Å². The molecule has 1 rings (SSSR count). The molecule has 130 valence electrons. The van der Waals surface area contributed by atoms with Crippen LogP contribution in [0.2, 0.25) is 0 Å². The third kappa shape index (κ3) is 7.84. The Balaban J connectivity index is 2.54. The summed E-state index contributed by atoms with van der Waals surface area (Å²) in [4.78, 5) is 0.